The minimum Gasteiger partial charge on any atom is -0.480 e. The summed E-state index contributed by atoms with van der Waals surface area (Å²) in [4.78, 5) is 73.6. The molecule has 228 valence electrons. The Morgan fingerprint density at radius 2 is 1.51 bits per heavy atom. The number of carboxylic acid groups (broad SMARTS) is 2. The SMILES string of the molecule is CCOC(=O)C(CCC(=O)c1ccccc1)(N[C@@H](C)C(=O)N1CCC[C@H]1C(=O)O)C(=O)OCC.O=C(O)C(F)(F)F. The van der Waals surface area contributed by atoms with E-state index in [0.717, 1.165) is 0 Å². The number of halogens is 3. The van der Waals surface area contributed by atoms with E-state index in [1.54, 1.807) is 44.2 Å². The lowest BCUT2D eigenvalue weighted by molar-refractivity contribution is -0.192. The van der Waals surface area contributed by atoms with Gasteiger partial charge in [0.2, 0.25) is 11.4 Å². The van der Waals surface area contributed by atoms with E-state index in [0.29, 0.717) is 18.4 Å². The number of hydrogen-bond acceptors (Lipinski definition) is 9. The molecule has 1 heterocycles. The first-order valence-corrected chi connectivity index (χ1v) is 12.7. The van der Waals surface area contributed by atoms with Crippen LogP contribution in [0.5, 0.6) is 0 Å². The van der Waals surface area contributed by atoms with Gasteiger partial charge >= 0.3 is 30.1 Å². The standard InChI is InChI=1S/C24H32N2O8.C2HF3O2/c1-4-33-22(31)24(23(32)34-5-2,14-13-19(27)17-10-7-6-8-11-17)25-16(3)20(28)26-15-9-12-18(26)21(29)30;3-2(4,5)1(6)7/h6-8,10-11,16,18,25H,4-5,9,12-15H2,1-3H3,(H,29,30);(H,6,7)/t16-,18-;/m0./s1. The van der Waals surface area contributed by atoms with Gasteiger partial charge in [0.1, 0.15) is 6.04 Å². The number of esters is 2. The molecule has 0 saturated carbocycles. The summed E-state index contributed by atoms with van der Waals surface area (Å²) < 4.78 is 42.0. The van der Waals surface area contributed by atoms with Crippen LogP contribution in [0.15, 0.2) is 30.3 Å². The normalized spacial score (nSPS) is 15.7. The van der Waals surface area contributed by atoms with Gasteiger partial charge in [-0.2, -0.15) is 13.2 Å². The zero-order chi connectivity index (χ0) is 31.4. The van der Waals surface area contributed by atoms with Crippen LogP contribution in [0, 0.1) is 0 Å². The average Bonchev–Trinajstić information content (AvgIpc) is 3.41. The quantitative estimate of drug-likeness (QED) is 0.185. The summed E-state index contributed by atoms with van der Waals surface area (Å²) in [6.07, 6.45) is -4.74. The van der Waals surface area contributed by atoms with Crippen LogP contribution in [0.2, 0.25) is 0 Å². The largest absolute Gasteiger partial charge is 0.490 e. The number of alkyl halides is 3. The Hall–Kier alpha value is -4.01. The number of carboxylic acids is 2. The molecule has 2 atom stereocenters. The van der Waals surface area contributed by atoms with Crippen LogP contribution in [0.1, 0.15) is 56.8 Å². The molecule has 41 heavy (non-hydrogen) atoms. The van der Waals surface area contributed by atoms with E-state index >= 15 is 0 Å². The number of Topliss-reactive ketones (excluding diaryl/α,β-unsaturated/α-hetero) is 1. The third kappa shape index (κ3) is 9.84. The maximum Gasteiger partial charge on any atom is 0.490 e. The number of rotatable bonds is 12. The molecule has 3 N–H and O–H groups in total. The van der Waals surface area contributed by atoms with E-state index in [4.69, 9.17) is 19.4 Å². The van der Waals surface area contributed by atoms with Crippen molar-refractivity contribution in [3.8, 4) is 0 Å². The number of likely N-dealkylation sites (tertiary alicyclic amines) is 1. The molecule has 1 saturated heterocycles. The van der Waals surface area contributed by atoms with Gasteiger partial charge in [-0.15, -0.1) is 0 Å². The molecule has 1 aromatic rings. The minimum absolute atomic E-state index is 0.0379. The van der Waals surface area contributed by atoms with Gasteiger partial charge in [0, 0.05) is 18.5 Å². The fourth-order valence-electron chi connectivity index (χ4n) is 4.02. The molecule has 0 unspecified atom stereocenters. The van der Waals surface area contributed by atoms with Crippen molar-refractivity contribution in [2.24, 2.45) is 0 Å². The van der Waals surface area contributed by atoms with Gasteiger partial charge in [-0.1, -0.05) is 30.3 Å². The third-order valence-electron chi connectivity index (χ3n) is 5.97. The molecule has 0 spiro atoms. The number of hydrogen-bond donors (Lipinski definition) is 3. The van der Waals surface area contributed by atoms with Gasteiger partial charge in [0.05, 0.1) is 19.3 Å². The van der Waals surface area contributed by atoms with E-state index in [-0.39, 0.29) is 38.4 Å². The molecular formula is C26H33F3N2O10. The number of nitrogens with one attached hydrogen (secondary N) is 1. The highest BCUT2D eigenvalue weighted by Crippen LogP contribution is 2.24. The summed E-state index contributed by atoms with van der Waals surface area (Å²) in [7, 11) is 0. The Morgan fingerprint density at radius 1 is 1.00 bits per heavy atom. The second-order valence-corrected chi connectivity index (χ2v) is 8.83. The summed E-state index contributed by atoms with van der Waals surface area (Å²) in [6, 6.07) is 6.30. The van der Waals surface area contributed by atoms with Crippen molar-refractivity contribution in [3.05, 3.63) is 35.9 Å². The Bertz CT molecular complexity index is 1080. The van der Waals surface area contributed by atoms with Crippen molar-refractivity contribution < 1.29 is 61.6 Å². The first kappa shape index (κ1) is 35.0. The number of benzene rings is 1. The molecule has 0 aliphatic carbocycles. The topological polar surface area (TPSA) is 177 Å². The van der Waals surface area contributed by atoms with Gasteiger partial charge in [-0.25, -0.2) is 19.2 Å². The predicted octanol–water partition coefficient (Wildman–Crippen LogP) is 2.20. The molecule has 2 rings (SSSR count). The van der Waals surface area contributed by atoms with E-state index in [1.807, 2.05) is 0 Å². The summed E-state index contributed by atoms with van der Waals surface area (Å²) in [6.45, 7) is 4.75. The Balaban J connectivity index is 0.00000106. The van der Waals surface area contributed by atoms with E-state index in [2.05, 4.69) is 5.32 Å². The fraction of sp³-hybridized carbons (Fsp3) is 0.538. The van der Waals surface area contributed by atoms with Crippen molar-refractivity contribution in [3.63, 3.8) is 0 Å². The summed E-state index contributed by atoms with van der Waals surface area (Å²) >= 11 is 0. The second kappa shape index (κ2) is 15.7. The number of ketones is 1. The van der Waals surface area contributed by atoms with Gasteiger partial charge in [0.25, 0.3) is 0 Å². The van der Waals surface area contributed by atoms with E-state index < -0.39 is 53.6 Å². The van der Waals surface area contributed by atoms with Gasteiger partial charge in [-0.05, 0) is 40.0 Å². The average molecular weight is 591 g/mol. The number of carbonyl (C=O) groups excluding carboxylic acids is 4. The van der Waals surface area contributed by atoms with Gasteiger partial charge < -0.3 is 24.6 Å². The lowest BCUT2D eigenvalue weighted by Gasteiger charge is -2.34. The zero-order valence-electron chi connectivity index (χ0n) is 22.7. The summed E-state index contributed by atoms with van der Waals surface area (Å²) in [5.41, 5.74) is -1.71. The molecule has 1 aliphatic heterocycles. The first-order valence-electron chi connectivity index (χ1n) is 12.7. The van der Waals surface area contributed by atoms with Crippen LogP contribution in [0.25, 0.3) is 0 Å². The van der Waals surface area contributed by atoms with E-state index in [9.17, 15) is 42.3 Å². The molecule has 1 fully saturated rings. The van der Waals surface area contributed by atoms with Crippen LogP contribution in [-0.4, -0.2) is 94.2 Å². The molecule has 1 aliphatic rings. The molecule has 0 radical (unpaired) electrons. The smallest absolute Gasteiger partial charge is 0.480 e. The van der Waals surface area contributed by atoms with Crippen LogP contribution in [0.4, 0.5) is 13.2 Å². The minimum atomic E-state index is -5.08. The van der Waals surface area contributed by atoms with E-state index in [1.165, 1.54) is 11.8 Å². The zero-order valence-corrected chi connectivity index (χ0v) is 22.7. The van der Waals surface area contributed by atoms with Crippen LogP contribution < -0.4 is 5.32 Å². The third-order valence-corrected chi connectivity index (χ3v) is 5.97. The fourth-order valence-corrected chi connectivity index (χ4v) is 4.02. The van der Waals surface area contributed by atoms with Gasteiger partial charge in [-0.3, -0.25) is 14.9 Å². The maximum atomic E-state index is 13.1. The lowest BCUT2D eigenvalue weighted by Crippen LogP contribution is -2.65. The highest BCUT2D eigenvalue weighted by molar-refractivity contribution is 6.06. The molecule has 0 aromatic heterocycles. The number of amides is 1. The first-order chi connectivity index (χ1) is 19.1. The molecular weight excluding hydrogens is 557 g/mol. The predicted molar refractivity (Wildman–Crippen MR) is 135 cm³/mol. The monoisotopic (exact) mass is 590 g/mol. The Labute approximate surface area is 233 Å². The highest BCUT2D eigenvalue weighted by Gasteiger charge is 2.51. The van der Waals surface area contributed by atoms with Crippen LogP contribution >= 0.6 is 0 Å². The maximum absolute atomic E-state index is 13.1. The lowest BCUT2D eigenvalue weighted by atomic mass is 9.89. The van der Waals surface area contributed by atoms with Crippen molar-refractivity contribution >= 4 is 35.6 Å². The van der Waals surface area contributed by atoms with Crippen molar-refractivity contribution in [2.45, 2.75) is 70.3 Å². The molecule has 1 amide bonds. The van der Waals surface area contributed by atoms with Gasteiger partial charge in [0.15, 0.2) is 5.78 Å². The van der Waals surface area contributed by atoms with Crippen LogP contribution in [-0.2, 0) is 33.4 Å². The van der Waals surface area contributed by atoms with Crippen molar-refractivity contribution in [1.29, 1.82) is 0 Å². The number of nitrogens with zero attached hydrogens (tertiary/aromatic N) is 1. The Morgan fingerprint density at radius 3 is 1.95 bits per heavy atom. The number of aliphatic carboxylic acids is 2. The van der Waals surface area contributed by atoms with Crippen molar-refractivity contribution in [1.82, 2.24) is 10.2 Å². The molecule has 1 aromatic carbocycles. The number of carbonyl (C=O) groups is 6. The molecule has 12 nitrogen and oxygen atoms in total. The molecule has 15 heteroatoms. The number of ether oxygens (including phenoxy) is 2. The molecule has 0 bridgehead atoms. The highest BCUT2D eigenvalue weighted by atomic mass is 19.4. The Kier molecular flexibility index (Phi) is 13.4. The summed E-state index contributed by atoms with van der Waals surface area (Å²) in [5, 5.41) is 19.3. The summed E-state index contributed by atoms with van der Waals surface area (Å²) in [5.74, 6) is -6.68. The van der Waals surface area contributed by atoms with Crippen molar-refractivity contribution in [2.75, 3.05) is 19.8 Å². The second-order valence-electron chi connectivity index (χ2n) is 8.83. The van der Waals surface area contributed by atoms with Crippen LogP contribution in [0.3, 0.4) is 0 Å².